The lowest BCUT2D eigenvalue weighted by Gasteiger charge is -2.26. The number of nitrogens with zero attached hydrogens (tertiary/aromatic N) is 1. The Labute approximate surface area is 142 Å². The van der Waals surface area contributed by atoms with Gasteiger partial charge in [0.15, 0.2) is 0 Å². The molecule has 0 spiro atoms. The number of nitrogens with one attached hydrogen (secondary N) is 1. The van der Waals surface area contributed by atoms with Gasteiger partial charge in [-0.2, -0.15) is 0 Å². The molecule has 0 bridgehead atoms. The van der Waals surface area contributed by atoms with E-state index in [0.29, 0.717) is 0 Å². The molecule has 1 atom stereocenters. The summed E-state index contributed by atoms with van der Waals surface area (Å²) in [6.45, 7) is 10.2. The zero-order chi connectivity index (χ0) is 14.3. The van der Waals surface area contributed by atoms with E-state index in [2.05, 4.69) is 10.2 Å². The fraction of sp³-hybridized carbons (Fsp3) is 0.933. The Kier molecular flexibility index (Phi) is 12.8. The molecule has 1 fully saturated rings. The van der Waals surface area contributed by atoms with Crippen molar-refractivity contribution in [1.29, 1.82) is 0 Å². The Morgan fingerprint density at radius 3 is 2.14 bits per heavy atom. The molecule has 0 aromatic heterocycles. The highest BCUT2D eigenvalue weighted by atomic mass is 35.5. The average molecular weight is 342 g/mol. The lowest BCUT2D eigenvalue weighted by molar-refractivity contribution is -0.124. The number of hydrogen-bond donors (Lipinski definition) is 2. The van der Waals surface area contributed by atoms with Crippen LogP contribution in [0.5, 0.6) is 0 Å². The summed E-state index contributed by atoms with van der Waals surface area (Å²) in [6.07, 6.45) is 6.40. The van der Waals surface area contributed by atoms with Crippen LogP contribution < -0.4 is 11.1 Å². The van der Waals surface area contributed by atoms with Crippen molar-refractivity contribution >= 4 is 30.7 Å². The van der Waals surface area contributed by atoms with Crippen molar-refractivity contribution in [3.63, 3.8) is 0 Å². The number of halogens is 2. The lowest BCUT2D eigenvalue weighted by Crippen LogP contribution is -2.49. The zero-order valence-electron chi connectivity index (χ0n) is 13.7. The second-order valence-electron chi connectivity index (χ2n) is 6.74. The van der Waals surface area contributed by atoms with E-state index in [-0.39, 0.29) is 36.1 Å². The van der Waals surface area contributed by atoms with E-state index < -0.39 is 6.04 Å². The largest absolute Gasteiger partial charge is 0.355 e. The van der Waals surface area contributed by atoms with E-state index in [0.717, 1.165) is 19.5 Å². The molecule has 0 radical (unpaired) electrons. The van der Waals surface area contributed by atoms with E-state index in [4.69, 9.17) is 5.73 Å². The molecule has 128 valence electrons. The first-order valence-electron chi connectivity index (χ1n) is 7.67. The number of nitrogens with two attached hydrogens (primary N) is 1. The first-order chi connectivity index (χ1) is 8.91. The minimum Gasteiger partial charge on any atom is -0.355 e. The number of hydrogen-bond acceptors (Lipinski definition) is 3. The summed E-state index contributed by atoms with van der Waals surface area (Å²) < 4.78 is 0. The van der Waals surface area contributed by atoms with Crippen molar-refractivity contribution in [3.8, 4) is 0 Å². The van der Waals surface area contributed by atoms with Crippen molar-refractivity contribution in [1.82, 2.24) is 10.2 Å². The van der Waals surface area contributed by atoms with E-state index in [1.165, 1.54) is 38.8 Å². The van der Waals surface area contributed by atoms with Crippen molar-refractivity contribution in [2.24, 2.45) is 11.1 Å². The minimum atomic E-state index is -0.425. The normalized spacial score (nSPS) is 17.9. The highest BCUT2D eigenvalue weighted by Crippen LogP contribution is 2.17. The standard InChI is InChI=1S/C15H31N3O.2ClH/c1-15(2,3)13(16)14(19)17-9-8-12-18-10-6-4-5-7-11-18;;/h13H,4-12,16H2,1-3H3,(H,17,19);2*1H/t13-;;/m1../s1. The molecule has 1 aliphatic rings. The van der Waals surface area contributed by atoms with Gasteiger partial charge in [-0.05, 0) is 44.3 Å². The van der Waals surface area contributed by atoms with Crippen LogP contribution in [0.15, 0.2) is 0 Å². The van der Waals surface area contributed by atoms with Crippen LogP contribution in [-0.2, 0) is 4.79 Å². The summed E-state index contributed by atoms with van der Waals surface area (Å²) in [6, 6.07) is -0.425. The lowest BCUT2D eigenvalue weighted by atomic mass is 9.87. The molecular formula is C15H33Cl2N3O. The molecule has 0 aliphatic carbocycles. The number of carbonyl (C=O) groups excluding carboxylic acids is 1. The van der Waals surface area contributed by atoms with Crippen LogP contribution in [0.3, 0.4) is 0 Å². The summed E-state index contributed by atoms with van der Waals surface area (Å²) in [5.41, 5.74) is 5.75. The quantitative estimate of drug-likeness (QED) is 0.755. The van der Waals surface area contributed by atoms with Crippen LogP contribution in [0.25, 0.3) is 0 Å². The molecule has 1 aliphatic heterocycles. The highest BCUT2D eigenvalue weighted by Gasteiger charge is 2.26. The summed E-state index contributed by atoms with van der Waals surface area (Å²) >= 11 is 0. The fourth-order valence-electron chi connectivity index (χ4n) is 2.38. The topological polar surface area (TPSA) is 58.4 Å². The second kappa shape index (κ2) is 11.5. The van der Waals surface area contributed by atoms with E-state index in [1.54, 1.807) is 0 Å². The molecule has 1 saturated heterocycles. The van der Waals surface area contributed by atoms with Gasteiger partial charge in [-0.1, -0.05) is 33.6 Å². The molecule has 4 nitrogen and oxygen atoms in total. The molecule has 1 amide bonds. The second-order valence-corrected chi connectivity index (χ2v) is 6.74. The first-order valence-corrected chi connectivity index (χ1v) is 7.67. The molecular weight excluding hydrogens is 309 g/mol. The van der Waals surface area contributed by atoms with Gasteiger partial charge in [0.2, 0.25) is 5.91 Å². The third kappa shape index (κ3) is 9.56. The summed E-state index contributed by atoms with van der Waals surface area (Å²) in [5, 5.41) is 2.95. The van der Waals surface area contributed by atoms with Gasteiger partial charge in [-0.25, -0.2) is 0 Å². The maximum Gasteiger partial charge on any atom is 0.237 e. The van der Waals surface area contributed by atoms with Crippen LogP contribution in [0.4, 0.5) is 0 Å². The molecule has 0 aromatic rings. The van der Waals surface area contributed by atoms with Gasteiger partial charge < -0.3 is 16.0 Å². The molecule has 0 aromatic carbocycles. The van der Waals surface area contributed by atoms with Gasteiger partial charge in [0.25, 0.3) is 0 Å². The molecule has 21 heavy (non-hydrogen) atoms. The van der Waals surface area contributed by atoms with Gasteiger partial charge in [0, 0.05) is 6.54 Å². The van der Waals surface area contributed by atoms with Crippen LogP contribution in [-0.4, -0.2) is 43.0 Å². The van der Waals surface area contributed by atoms with Crippen LogP contribution >= 0.6 is 24.8 Å². The van der Waals surface area contributed by atoms with Gasteiger partial charge in [-0.3, -0.25) is 4.79 Å². The summed E-state index contributed by atoms with van der Waals surface area (Å²) in [4.78, 5) is 14.4. The minimum absolute atomic E-state index is 0. The fourth-order valence-corrected chi connectivity index (χ4v) is 2.38. The van der Waals surface area contributed by atoms with E-state index in [1.807, 2.05) is 20.8 Å². The van der Waals surface area contributed by atoms with Crippen LogP contribution in [0.2, 0.25) is 0 Å². The molecule has 3 N–H and O–H groups in total. The smallest absolute Gasteiger partial charge is 0.237 e. The van der Waals surface area contributed by atoms with Crippen LogP contribution in [0, 0.1) is 5.41 Å². The number of amides is 1. The van der Waals surface area contributed by atoms with E-state index in [9.17, 15) is 4.79 Å². The van der Waals surface area contributed by atoms with Crippen molar-refractivity contribution in [3.05, 3.63) is 0 Å². The number of rotatable bonds is 5. The Bertz CT molecular complexity index is 275. The summed E-state index contributed by atoms with van der Waals surface area (Å²) in [7, 11) is 0. The van der Waals surface area contributed by atoms with Gasteiger partial charge in [0.05, 0.1) is 6.04 Å². The Morgan fingerprint density at radius 2 is 1.67 bits per heavy atom. The Hall–Kier alpha value is -0.0300. The van der Waals surface area contributed by atoms with Gasteiger partial charge in [0.1, 0.15) is 0 Å². The molecule has 6 heteroatoms. The highest BCUT2D eigenvalue weighted by molar-refractivity contribution is 5.85. The Morgan fingerprint density at radius 1 is 1.14 bits per heavy atom. The number of carbonyl (C=O) groups is 1. The van der Waals surface area contributed by atoms with Crippen molar-refractivity contribution < 1.29 is 4.79 Å². The number of likely N-dealkylation sites (tertiary alicyclic amines) is 1. The third-order valence-corrected chi connectivity index (χ3v) is 3.86. The molecule has 0 saturated carbocycles. The summed E-state index contributed by atoms with van der Waals surface area (Å²) in [5.74, 6) is -0.0247. The predicted molar refractivity (Wildman–Crippen MR) is 94.5 cm³/mol. The van der Waals surface area contributed by atoms with E-state index >= 15 is 0 Å². The average Bonchev–Trinajstić information content (AvgIpc) is 2.60. The molecule has 1 rings (SSSR count). The zero-order valence-corrected chi connectivity index (χ0v) is 15.3. The van der Waals surface area contributed by atoms with Crippen molar-refractivity contribution in [2.45, 2.75) is 58.9 Å². The maximum absolute atomic E-state index is 11.8. The SMILES string of the molecule is CC(C)(C)[C@H](N)C(=O)NCCCN1CCCCCC1.Cl.Cl. The van der Waals surface area contributed by atoms with Gasteiger partial charge >= 0.3 is 0 Å². The van der Waals surface area contributed by atoms with Crippen LogP contribution in [0.1, 0.15) is 52.9 Å². The third-order valence-electron chi connectivity index (χ3n) is 3.86. The van der Waals surface area contributed by atoms with Gasteiger partial charge in [-0.15, -0.1) is 24.8 Å². The predicted octanol–water partition coefficient (Wildman–Crippen LogP) is 2.59. The monoisotopic (exact) mass is 341 g/mol. The molecule has 1 heterocycles. The van der Waals surface area contributed by atoms with Crippen molar-refractivity contribution in [2.75, 3.05) is 26.2 Å². The first kappa shape index (κ1) is 23.2. The molecule has 0 unspecified atom stereocenters. The Balaban J connectivity index is 0. The maximum atomic E-state index is 11.8.